The highest BCUT2D eigenvalue weighted by Crippen LogP contribution is 2.60. The number of halogens is 13. The van der Waals surface area contributed by atoms with Crippen LogP contribution in [0.5, 0.6) is 0 Å². The lowest BCUT2D eigenvalue weighted by atomic mass is 9.91. The Labute approximate surface area is 135 Å². The first kappa shape index (κ1) is 24.3. The van der Waals surface area contributed by atoms with Crippen molar-refractivity contribution in [1.29, 1.82) is 0 Å². The van der Waals surface area contributed by atoms with Crippen LogP contribution in [0.3, 0.4) is 0 Å². The summed E-state index contributed by atoms with van der Waals surface area (Å²) >= 11 is 0. The van der Waals surface area contributed by atoms with Gasteiger partial charge in [0.05, 0.1) is 0 Å². The number of alkyl halides is 13. The summed E-state index contributed by atoms with van der Waals surface area (Å²) in [5, 5.41) is 8.35. The fourth-order valence-corrected chi connectivity index (χ4v) is 1.45. The molecule has 0 aliphatic carbocycles. The van der Waals surface area contributed by atoms with E-state index in [0.29, 0.717) is 6.92 Å². The molecule has 0 saturated carbocycles. The number of carbonyl (C=O) groups is 1. The Morgan fingerprint density at radius 3 is 1.35 bits per heavy atom. The standard InChI is InChI=1S/C11H7F13O2/c1-2-4(5(25)26)3-6(12,13)7(14,15)8(16,17)9(18,19)10(20,21)11(22,23)24/h2H,3H2,1H3,(H,25,26). The summed E-state index contributed by atoms with van der Waals surface area (Å²) in [6, 6.07) is 0. The van der Waals surface area contributed by atoms with Crippen LogP contribution in [-0.4, -0.2) is 46.9 Å². The predicted molar refractivity (Wildman–Crippen MR) is 56.8 cm³/mol. The van der Waals surface area contributed by atoms with Crippen molar-refractivity contribution in [2.24, 2.45) is 0 Å². The molecule has 0 rings (SSSR count). The molecule has 0 unspecified atom stereocenters. The molecule has 0 saturated heterocycles. The summed E-state index contributed by atoms with van der Waals surface area (Å²) in [4.78, 5) is 10.4. The molecule has 0 bridgehead atoms. The van der Waals surface area contributed by atoms with E-state index in [9.17, 15) is 61.9 Å². The molecule has 0 amide bonds. The Morgan fingerprint density at radius 1 is 0.731 bits per heavy atom. The van der Waals surface area contributed by atoms with Crippen LogP contribution in [0.2, 0.25) is 0 Å². The normalized spacial score (nSPS) is 16.0. The van der Waals surface area contributed by atoms with Crippen molar-refractivity contribution in [3.05, 3.63) is 11.6 Å². The second-order valence-corrected chi connectivity index (χ2v) is 4.80. The van der Waals surface area contributed by atoms with Crippen molar-refractivity contribution in [2.75, 3.05) is 0 Å². The van der Waals surface area contributed by atoms with Gasteiger partial charge in [0.15, 0.2) is 0 Å². The molecule has 0 spiro atoms. The molecule has 0 aromatic carbocycles. The first-order valence-corrected chi connectivity index (χ1v) is 5.96. The fourth-order valence-electron chi connectivity index (χ4n) is 1.45. The van der Waals surface area contributed by atoms with E-state index >= 15 is 0 Å². The average molecular weight is 418 g/mol. The average Bonchev–Trinajstić information content (AvgIpc) is 2.42. The minimum Gasteiger partial charge on any atom is -0.478 e. The molecular weight excluding hydrogens is 411 g/mol. The molecule has 154 valence electrons. The Balaban J connectivity index is 6.28. The summed E-state index contributed by atoms with van der Waals surface area (Å²) in [7, 11) is 0. The van der Waals surface area contributed by atoms with Gasteiger partial charge in [0.1, 0.15) is 0 Å². The lowest BCUT2D eigenvalue weighted by molar-refractivity contribution is -0.439. The predicted octanol–water partition coefficient (Wildman–Crippen LogP) is 5.15. The maximum atomic E-state index is 13.3. The third-order valence-corrected chi connectivity index (χ3v) is 3.03. The van der Waals surface area contributed by atoms with E-state index in [1.807, 2.05) is 0 Å². The van der Waals surface area contributed by atoms with E-state index in [-0.39, 0.29) is 6.08 Å². The largest absolute Gasteiger partial charge is 0.478 e. The number of hydrogen-bond acceptors (Lipinski definition) is 1. The summed E-state index contributed by atoms with van der Waals surface area (Å²) in [5.41, 5.74) is -1.71. The van der Waals surface area contributed by atoms with Crippen molar-refractivity contribution in [3.8, 4) is 0 Å². The van der Waals surface area contributed by atoms with E-state index in [0.717, 1.165) is 0 Å². The van der Waals surface area contributed by atoms with Crippen LogP contribution in [0.4, 0.5) is 57.1 Å². The molecule has 2 nitrogen and oxygen atoms in total. The molecule has 0 atom stereocenters. The summed E-state index contributed by atoms with van der Waals surface area (Å²) in [6.07, 6.45) is -10.2. The topological polar surface area (TPSA) is 37.3 Å². The molecule has 15 heteroatoms. The molecule has 0 fully saturated rings. The third kappa shape index (κ3) is 3.43. The van der Waals surface area contributed by atoms with Crippen LogP contribution in [0.1, 0.15) is 13.3 Å². The fraction of sp³-hybridized carbons (Fsp3) is 0.727. The number of carboxylic acids is 1. The lowest BCUT2D eigenvalue weighted by Crippen LogP contribution is -2.70. The van der Waals surface area contributed by atoms with Gasteiger partial charge < -0.3 is 5.11 Å². The summed E-state index contributed by atoms with van der Waals surface area (Å²) in [5.74, 6) is -40.0. The second-order valence-electron chi connectivity index (χ2n) is 4.80. The smallest absolute Gasteiger partial charge is 0.460 e. The molecule has 26 heavy (non-hydrogen) atoms. The van der Waals surface area contributed by atoms with Gasteiger partial charge in [-0.3, -0.25) is 0 Å². The molecule has 0 radical (unpaired) electrons. The van der Waals surface area contributed by atoms with Crippen molar-refractivity contribution >= 4 is 5.97 Å². The highest BCUT2D eigenvalue weighted by molar-refractivity contribution is 5.86. The van der Waals surface area contributed by atoms with Crippen LogP contribution in [0, 0.1) is 0 Å². The maximum Gasteiger partial charge on any atom is 0.460 e. The number of rotatable bonds is 7. The quantitative estimate of drug-likeness (QED) is 0.459. The van der Waals surface area contributed by atoms with E-state index in [4.69, 9.17) is 5.11 Å². The van der Waals surface area contributed by atoms with Crippen molar-refractivity contribution in [3.63, 3.8) is 0 Å². The lowest BCUT2D eigenvalue weighted by Gasteiger charge is -2.39. The number of carboxylic acid groups (broad SMARTS) is 1. The minimum atomic E-state index is -8.00. The van der Waals surface area contributed by atoms with Crippen molar-refractivity contribution in [2.45, 2.75) is 49.1 Å². The maximum absolute atomic E-state index is 13.3. The molecule has 0 aromatic rings. The van der Waals surface area contributed by atoms with Gasteiger partial charge >= 0.3 is 41.8 Å². The first-order valence-electron chi connectivity index (χ1n) is 5.96. The zero-order valence-corrected chi connectivity index (χ0v) is 12.1. The molecule has 1 N–H and O–H groups in total. The van der Waals surface area contributed by atoms with Crippen LogP contribution in [0.15, 0.2) is 11.6 Å². The van der Waals surface area contributed by atoms with Crippen molar-refractivity contribution < 1.29 is 67.0 Å². The number of allylic oxidation sites excluding steroid dienone is 1. The number of hydrogen-bond donors (Lipinski definition) is 1. The molecule has 0 aliphatic rings. The second kappa shape index (κ2) is 6.48. The highest BCUT2D eigenvalue weighted by atomic mass is 19.4. The van der Waals surface area contributed by atoms with Gasteiger partial charge in [0.2, 0.25) is 0 Å². The highest BCUT2D eigenvalue weighted by Gasteiger charge is 2.90. The zero-order valence-electron chi connectivity index (χ0n) is 12.1. The SMILES string of the molecule is CC=C(CC(F)(F)C(F)(F)C(F)(F)C(F)(F)C(F)(F)C(F)(F)F)C(=O)O. The van der Waals surface area contributed by atoms with E-state index < -0.39 is 53.8 Å². The van der Waals surface area contributed by atoms with Gasteiger partial charge in [-0.25, -0.2) is 4.79 Å². The van der Waals surface area contributed by atoms with Gasteiger partial charge in [-0.05, 0) is 6.92 Å². The van der Waals surface area contributed by atoms with E-state index in [1.54, 1.807) is 0 Å². The Kier molecular flexibility index (Phi) is 6.05. The minimum absolute atomic E-state index is 0.174. The van der Waals surface area contributed by atoms with Crippen molar-refractivity contribution in [1.82, 2.24) is 0 Å². The molecule has 0 heterocycles. The number of aliphatic carboxylic acids is 1. The monoisotopic (exact) mass is 418 g/mol. The Morgan fingerprint density at radius 2 is 1.08 bits per heavy atom. The summed E-state index contributed by atoms with van der Waals surface area (Å²) in [6.45, 7) is 0.641. The van der Waals surface area contributed by atoms with Gasteiger partial charge in [0, 0.05) is 12.0 Å². The van der Waals surface area contributed by atoms with Gasteiger partial charge in [-0.1, -0.05) is 6.08 Å². The van der Waals surface area contributed by atoms with Crippen LogP contribution >= 0.6 is 0 Å². The third-order valence-electron chi connectivity index (χ3n) is 3.03. The Bertz CT molecular complexity index is 573. The van der Waals surface area contributed by atoms with Gasteiger partial charge in [-0.15, -0.1) is 0 Å². The Hall–Kier alpha value is -1.70. The van der Waals surface area contributed by atoms with Gasteiger partial charge in [0.25, 0.3) is 0 Å². The molecule has 0 aromatic heterocycles. The van der Waals surface area contributed by atoms with Gasteiger partial charge in [-0.2, -0.15) is 57.1 Å². The zero-order chi connectivity index (χ0) is 21.6. The molecular formula is C11H7F13O2. The van der Waals surface area contributed by atoms with E-state index in [2.05, 4.69) is 0 Å². The van der Waals surface area contributed by atoms with Crippen LogP contribution in [-0.2, 0) is 4.79 Å². The summed E-state index contributed by atoms with van der Waals surface area (Å²) < 4.78 is 166. The molecule has 0 aliphatic heterocycles. The van der Waals surface area contributed by atoms with Crippen LogP contribution < -0.4 is 0 Å². The van der Waals surface area contributed by atoms with Crippen LogP contribution in [0.25, 0.3) is 0 Å². The first-order chi connectivity index (χ1) is 11.1. The van der Waals surface area contributed by atoms with E-state index in [1.165, 1.54) is 0 Å².